The zero-order valence-electron chi connectivity index (χ0n) is 5.09. The Labute approximate surface area is 56.1 Å². The molecule has 0 rings (SSSR count). The fraction of sp³-hybridized carbons (Fsp3) is 0.833. The molecule has 0 saturated carbocycles. The quantitative estimate of drug-likeness (QED) is 0.578. The molecular weight excluding hydrogens is 118 g/mol. The molecule has 8 heavy (non-hydrogen) atoms. The monoisotopic (exact) mass is 129 g/mol. The number of hydrogen-bond acceptors (Lipinski definition) is 2. The lowest BCUT2D eigenvalue weighted by Gasteiger charge is -1.98. The number of nitrogens with zero attached hydrogens (tertiary/aromatic N) is 1. The molecule has 0 radical (unpaired) electrons. The highest BCUT2D eigenvalue weighted by Gasteiger charge is 2.00. The second kappa shape index (κ2) is 4.99. The molecule has 0 N–H and O–H groups in total. The fourth-order valence-electron chi connectivity index (χ4n) is 0.545. The van der Waals surface area contributed by atoms with Crippen molar-refractivity contribution in [3.63, 3.8) is 0 Å². The summed E-state index contributed by atoms with van der Waals surface area (Å²) in [4.78, 5) is 0. The van der Waals surface area contributed by atoms with Crippen molar-refractivity contribution in [2.24, 2.45) is 5.92 Å². The Morgan fingerprint density at radius 2 is 2.38 bits per heavy atom. The Kier molecular flexibility index (Phi) is 4.89. The van der Waals surface area contributed by atoms with Gasteiger partial charge in [0.2, 0.25) is 0 Å². The smallest absolute Gasteiger partial charge is 0.0664 e. The molecule has 0 aromatic carbocycles. The molecule has 0 spiro atoms. The molecule has 0 aromatic heterocycles. The molecule has 2 heteroatoms. The summed E-state index contributed by atoms with van der Waals surface area (Å²) in [7, 11) is 0. The van der Waals surface area contributed by atoms with Crippen molar-refractivity contribution in [1.82, 2.24) is 0 Å². The van der Waals surface area contributed by atoms with Gasteiger partial charge >= 0.3 is 0 Å². The number of nitriles is 1. The van der Waals surface area contributed by atoms with Gasteiger partial charge in [-0.25, -0.2) is 0 Å². The third-order valence-corrected chi connectivity index (χ3v) is 1.48. The van der Waals surface area contributed by atoms with Gasteiger partial charge in [-0.1, -0.05) is 13.3 Å². The van der Waals surface area contributed by atoms with Crippen LogP contribution in [0.25, 0.3) is 0 Å². The van der Waals surface area contributed by atoms with E-state index in [1.807, 2.05) is 0 Å². The van der Waals surface area contributed by atoms with Gasteiger partial charge in [0, 0.05) is 5.75 Å². The van der Waals surface area contributed by atoms with Crippen molar-refractivity contribution < 1.29 is 0 Å². The average Bonchev–Trinajstić information content (AvgIpc) is 1.83. The maximum absolute atomic E-state index is 8.36. The highest BCUT2D eigenvalue weighted by Crippen LogP contribution is 2.05. The van der Waals surface area contributed by atoms with Crippen LogP contribution in [0.3, 0.4) is 0 Å². The number of hydrogen-bond donors (Lipinski definition) is 1. The predicted octanol–water partition coefficient (Wildman–Crippen LogP) is 1.86. The van der Waals surface area contributed by atoms with Crippen molar-refractivity contribution in [2.45, 2.75) is 19.8 Å². The molecule has 1 unspecified atom stereocenters. The molecule has 0 saturated heterocycles. The van der Waals surface area contributed by atoms with Gasteiger partial charge in [-0.2, -0.15) is 17.9 Å². The third kappa shape index (κ3) is 2.92. The average molecular weight is 129 g/mol. The van der Waals surface area contributed by atoms with Gasteiger partial charge in [0.1, 0.15) is 0 Å². The minimum Gasteiger partial charge on any atom is -0.198 e. The summed E-state index contributed by atoms with van der Waals surface area (Å²) in [6.45, 7) is 2.08. The van der Waals surface area contributed by atoms with Gasteiger partial charge in [0.15, 0.2) is 0 Å². The highest BCUT2D eigenvalue weighted by atomic mass is 32.1. The predicted molar refractivity (Wildman–Crippen MR) is 37.9 cm³/mol. The topological polar surface area (TPSA) is 23.8 Å². The van der Waals surface area contributed by atoms with Crippen molar-refractivity contribution in [2.75, 3.05) is 5.75 Å². The summed E-state index contributed by atoms with van der Waals surface area (Å²) in [5, 5.41) is 8.36. The second-order valence-corrected chi connectivity index (χ2v) is 2.16. The second-order valence-electron chi connectivity index (χ2n) is 1.80. The Balaban J connectivity index is 3.26. The zero-order chi connectivity index (χ0) is 6.41. The van der Waals surface area contributed by atoms with Gasteiger partial charge in [-0.05, 0) is 6.42 Å². The molecule has 1 nitrogen and oxygen atoms in total. The Morgan fingerprint density at radius 3 is 2.50 bits per heavy atom. The van der Waals surface area contributed by atoms with E-state index in [0.29, 0.717) is 5.75 Å². The lowest BCUT2D eigenvalue weighted by atomic mass is 10.1. The molecular formula is C6H11NS. The molecule has 0 aliphatic carbocycles. The van der Waals surface area contributed by atoms with E-state index in [-0.39, 0.29) is 5.92 Å². The first-order valence-electron chi connectivity index (χ1n) is 2.85. The summed E-state index contributed by atoms with van der Waals surface area (Å²) in [5.41, 5.74) is 0. The Hall–Kier alpha value is -0.160. The number of rotatable bonds is 3. The third-order valence-electron chi connectivity index (χ3n) is 1.04. The van der Waals surface area contributed by atoms with E-state index in [1.54, 1.807) is 0 Å². The molecule has 46 valence electrons. The van der Waals surface area contributed by atoms with E-state index in [9.17, 15) is 0 Å². The van der Waals surface area contributed by atoms with Gasteiger partial charge in [-0.3, -0.25) is 0 Å². The Morgan fingerprint density at radius 1 is 1.75 bits per heavy atom. The van der Waals surface area contributed by atoms with Crippen LogP contribution in [0.15, 0.2) is 0 Å². The van der Waals surface area contributed by atoms with Crippen LogP contribution in [0.4, 0.5) is 0 Å². The first-order chi connectivity index (χ1) is 3.85. The lowest BCUT2D eigenvalue weighted by molar-refractivity contribution is 0.656. The lowest BCUT2D eigenvalue weighted by Crippen LogP contribution is -1.96. The first-order valence-corrected chi connectivity index (χ1v) is 3.48. The summed E-state index contributed by atoms with van der Waals surface area (Å²) >= 11 is 4.01. The number of thiol groups is 1. The van der Waals surface area contributed by atoms with Crippen LogP contribution in [0.5, 0.6) is 0 Å². The largest absolute Gasteiger partial charge is 0.198 e. The molecule has 0 bridgehead atoms. The maximum atomic E-state index is 8.36. The van der Waals surface area contributed by atoms with E-state index in [2.05, 4.69) is 25.6 Å². The highest BCUT2D eigenvalue weighted by molar-refractivity contribution is 7.80. The van der Waals surface area contributed by atoms with Crippen LogP contribution in [-0.4, -0.2) is 5.75 Å². The zero-order valence-corrected chi connectivity index (χ0v) is 5.99. The normalized spacial score (nSPS) is 12.6. The van der Waals surface area contributed by atoms with Crippen molar-refractivity contribution in [3.05, 3.63) is 0 Å². The van der Waals surface area contributed by atoms with Crippen LogP contribution < -0.4 is 0 Å². The molecule has 0 amide bonds. The first kappa shape index (κ1) is 7.84. The van der Waals surface area contributed by atoms with Crippen LogP contribution in [-0.2, 0) is 0 Å². The van der Waals surface area contributed by atoms with Gasteiger partial charge in [-0.15, -0.1) is 0 Å². The van der Waals surface area contributed by atoms with Gasteiger partial charge < -0.3 is 0 Å². The minimum atomic E-state index is 0.170. The van der Waals surface area contributed by atoms with E-state index in [0.717, 1.165) is 12.8 Å². The molecule has 1 atom stereocenters. The van der Waals surface area contributed by atoms with Gasteiger partial charge in [0.05, 0.1) is 12.0 Å². The SMILES string of the molecule is CCCC(C#N)CS. The van der Waals surface area contributed by atoms with Crippen molar-refractivity contribution in [3.8, 4) is 6.07 Å². The van der Waals surface area contributed by atoms with Crippen LogP contribution in [0, 0.1) is 17.2 Å². The van der Waals surface area contributed by atoms with E-state index in [4.69, 9.17) is 5.26 Å². The molecule has 0 aliphatic rings. The molecule has 0 fully saturated rings. The summed E-state index contributed by atoms with van der Waals surface area (Å²) in [6.07, 6.45) is 2.07. The standard InChI is InChI=1S/C6H11NS/c1-2-3-6(4-7)5-8/h6,8H,2-3,5H2,1H3. The van der Waals surface area contributed by atoms with Crippen LogP contribution >= 0.6 is 12.6 Å². The van der Waals surface area contributed by atoms with Crippen LogP contribution in [0.1, 0.15) is 19.8 Å². The summed E-state index contributed by atoms with van der Waals surface area (Å²) in [5.74, 6) is 0.869. The molecule has 0 aliphatic heterocycles. The maximum Gasteiger partial charge on any atom is 0.0664 e. The van der Waals surface area contributed by atoms with E-state index in [1.165, 1.54) is 0 Å². The van der Waals surface area contributed by atoms with E-state index >= 15 is 0 Å². The van der Waals surface area contributed by atoms with Crippen molar-refractivity contribution >= 4 is 12.6 Å². The summed E-state index contributed by atoms with van der Waals surface area (Å²) in [6, 6.07) is 2.18. The molecule has 0 heterocycles. The van der Waals surface area contributed by atoms with Crippen LogP contribution in [0.2, 0.25) is 0 Å². The minimum absolute atomic E-state index is 0.170. The Bertz CT molecular complexity index is 85.0. The van der Waals surface area contributed by atoms with E-state index < -0.39 is 0 Å². The van der Waals surface area contributed by atoms with Gasteiger partial charge in [0.25, 0.3) is 0 Å². The van der Waals surface area contributed by atoms with Crippen molar-refractivity contribution in [1.29, 1.82) is 5.26 Å². The summed E-state index contributed by atoms with van der Waals surface area (Å²) < 4.78 is 0. The molecule has 0 aromatic rings. The fourth-order valence-corrected chi connectivity index (χ4v) is 0.809.